The lowest BCUT2D eigenvalue weighted by Gasteiger charge is -2.43. The van der Waals surface area contributed by atoms with Gasteiger partial charge in [0.25, 0.3) is 0 Å². The highest BCUT2D eigenvalue weighted by atomic mass is 32.1. The lowest BCUT2D eigenvalue weighted by atomic mass is 9.77. The summed E-state index contributed by atoms with van der Waals surface area (Å²) in [5.74, 6) is -0.377. The summed E-state index contributed by atoms with van der Waals surface area (Å²) in [6, 6.07) is 2.92. The Bertz CT molecular complexity index is 728. The van der Waals surface area contributed by atoms with E-state index in [2.05, 4.69) is 20.1 Å². The van der Waals surface area contributed by atoms with Crippen LogP contribution in [0.3, 0.4) is 0 Å². The summed E-state index contributed by atoms with van der Waals surface area (Å²) < 4.78 is 25.4. The monoisotopic (exact) mass is 350 g/mol. The van der Waals surface area contributed by atoms with E-state index in [9.17, 15) is 4.39 Å². The van der Waals surface area contributed by atoms with E-state index in [1.165, 1.54) is 12.3 Å². The van der Waals surface area contributed by atoms with Crippen LogP contribution in [0.1, 0.15) is 17.8 Å². The second-order valence-electron chi connectivity index (χ2n) is 6.36. The van der Waals surface area contributed by atoms with Gasteiger partial charge in [0.1, 0.15) is 5.01 Å². The van der Waals surface area contributed by atoms with Gasteiger partial charge >= 0.3 is 0 Å². The molecule has 2 aliphatic heterocycles. The van der Waals surface area contributed by atoms with Crippen LogP contribution in [0.4, 0.5) is 9.52 Å². The molecule has 4 rings (SSSR count). The summed E-state index contributed by atoms with van der Waals surface area (Å²) in [6.45, 7) is 4.72. The summed E-state index contributed by atoms with van der Waals surface area (Å²) in [4.78, 5) is 6.23. The van der Waals surface area contributed by atoms with Crippen LogP contribution in [0.2, 0.25) is 0 Å². The maximum absolute atomic E-state index is 13.8. The van der Waals surface area contributed by atoms with Crippen molar-refractivity contribution >= 4 is 16.5 Å². The molecule has 0 unspecified atom stereocenters. The average molecular weight is 350 g/mol. The minimum absolute atomic E-state index is 0.0569. The highest BCUT2D eigenvalue weighted by Gasteiger charge is 2.49. The minimum Gasteiger partial charge on any atom is -0.475 e. The Kier molecular flexibility index (Phi) is 4.09. The number of hydrogen-bond donors (Lipinski definition) is 0. The fraction of sp³-hybridized carbons (Fsp3) is 0.562. The Balaban J connectivity index is 1.52. The fourth-order valence-electron chi connectivity index (χ4n) is 3.52. The van der Waals surface area contributed by atoms with Crippen LogP contribution in [0.15, 0.2) is 18.3 Å². The van der Waals surface area contributed by atoms with E-state index < -0.39 is 5.82 Å². The molecule has 2 aromatic rings. The Morgan fingerprint density at radius 3 is 3.21 bits per heavy atom. The van der Waals surface area contributed by atoms with Crippen LogP contribution < -0.4 is 9.64 Å². The number of aryl methyl sites for hydroxylation is 1. The first-order valence-electron chi connectivity index (χ1n) is 8.06. The lowest BCUT2D eigenvalue weighted by Crippen LogP contribution is -2.52. The van der Waals surface area contributed by atoms with Crippen molar-refractivity contribution in [2.24, 2.45) is 5.41 Å². The third-order valence-corrected chi connectivity index (χ3v) is 5.68. The number of halogens is 1. The molecule has 128 valence electrons. The van der Waals surface area contributed by atoms with E-state index in [1.807, 2.05) is 6.92 Å². The second-order valence-corrected chi connectivity index (χ2v) is 7.52. The number of rotatable bonds is 4. The number of hydrogen-bond acceptors (Lipinski definition) is 7. The number of nitrogens with zero attached hydrogens (tertiary/aromatic N) is 4. The quantitative estimate of drug-likeness (QED) is 0.844. The number of anilines is 1. The topological polar surface area (TPSA) is 60.4 Å². The third kappa shape index (κ3) is 2.84. The molecule has 2 aliphatic rings. The zero-order chi connectivity index (χ0) is 16.6. The predicted octanol–water partition coefficient (Wildman–Crippen LogP) is 2.45. The number of aromatic nitrogens is 3. The van der Waals surface area contributed by atoms with E-state index >= 15 is 0 Å². The van der Waals surface area contributed by atoms with E-state index in [-0.39, 0.29) is 17.4 Å². The van der Waals surface area contributed by atoms with Crippen LogP contribution in [0.25, 0.3) is 0 Å². The Morgan fingerprint density at radius 2 is 2.42 bits per heavy atom. The van der Waals surface area contributed by atoms with Gasteiger partial charge in [0.2, 0.25) is 11.0 Å². The van der Waals surface area contributed by atoms with Gasteiger partial charge in [-0.2, -0.15) is 0 Å². The summed E-state index contributed by atoms with van der Waals surface area (Å²) in [6.07, 6.45) is 3.47. The number of pyridine rings is 1. The highest BCUT2D eigenvalue weighted by molar-refractivity contribution is 7.15. The zero-order valence-electron chi connectivity index (χ0n) is 13.4. The first-order chi connectivity index (χ1) is 11.7. The number of fused-ring (bicyclic) bond motifs is 1. The number of piperidine rings is 1. The molecule has 0 aromatic carbocycles. The van der Waals surface area contributed by atoms with Gasteiger partial charge in [0.15, 0.2) is 5.82 Å². The van der Waals surface area contributed by atoms with Gasteiger partial charge in [-0.25, -0.2) is 9.37 Å². The van der Waals surface area contributed by atoms with E-state index in [4.69, 9.17) is 9.47 Å². The van der Waals surface area contributed by atoms with Crippen molar-refractivity contribution in [2.75, 3.05) is 31.2 Å². The average Bonchev–Trinajstić information content (AvgIpc) is 3.20. The van der Waals surface area contributed by atoms with Crippen molar-refractivity contribution in [1.82, 2.24) is 15.2 Å². The van der Waals surface area contributed by atoms with Crippen LogP contribution >= 0.6 is 11.3 Å². The summed E-state index contributed by atoms with van der Waals surface area (Å²) >= 11 is 1.59. The first kappa shape index (κ1) is 15.7. The normalized spacial score (nSPS) is 26.4. The Labute approximate surface area is 143 Å². The molecule has 2 saturated heterocycles. The van der Waals surface area contributed by atoms with E-state index in [0.717, 1.165) is 36.1 Å². The van der Waals surface area contributed by atoms with Crippen LogP contribution in [0, 0.1) is 18.2 Å². The Morgan fingerprint density at radius 1 is 1.50 bits per heavy atom. The van der Waals surface area contributed by atoms with Gasteiger partial charge in [-0.15, -0.1) is 10.2 Å². The molecular weight excluding hydrogens is 331 g/mol. The van der Waals surface area contributed by atoms with Crippen molar-refractivity contribution in [1.29, 1.82) is 0 Å². The van der Waals surface area contributed by atoms with Crippen LogP contribution in [-0.4, -0.2) is 47.6 Å². The smallest absolute Gasteiger partial charge is 0.250 e. The largest absolute Gasteiger partial charge is 0.475 e. The van der Waals surface area contributed by atoms with Crippen molar-refractivity contribution < 1.29 is 13.9 Å². The first-order valence-corrected chi connectivity index (χ1v) is 8.88. The van der Waals surface area contributed by atoms with Gasteiger partial charge in [-0.3, -0.25) is 0 Å². The molecule has 2 atom stereocenters. The molecule has 0 bridgehead atoms. The van der Waals surface area contributed by atoms with Gasteiger partial charge in [0, 0.05) is 25.9 Å². The molecule has 0 aliphatic carbocycles. The van der Waals surface area contributed by atoms with Gasteiger partial charge in [0.05, 0.1) is 18.1 Å². The summed E-state index contributed by atoms with van der Waals surface area (Å²) in [5.41, 5.74) is -0.165. The SMILES string of the molecule is Cc1nnc(N2CC[C@@H]3OCC[C@]3(COc3ncccc3F)C2)s1. The van der Waals surface area contributed by atoms with Crippen LogP contribution in [0.5, 0.6) is 5.88 Å². The molecule has 0 spiro atoms. The molecule has 0 N–H and O–H groups in total. The molecule has 0 saturated carbocycles. The maximum atomic E-state index is 13.8. The minimum atomic E-state index is -0.434. The van der Waals surface area contributed by atoms with Crippen LogP contribution in [-0.2, 0) is 4.74 Å². The number of ether oxygens (including phenoxy) is 2. The van der Waals surface area contributed by atoms with E-state index in [1.54, 1.807) is 17.4 Å². The standard InChI is InChI=1S/C16H19FN4O2S/c1-11-19-20-15(24-11)21-7-4-13-16(9-21,5-8-22-13)10-23-14-12(17)3-2-6-18-14/h2-3,6,13H,4-5,7-10H2,1H3/t13-,16+/m0/s1. The molecule has 6 nitrogen and oxygen atoms in total. The van der Waals surface area contributed by atoms with Crippen molar-refractivity contribution in [3.05, 3.63) is 29.2 Å². The molecule has 4 heterocycles. The molecule has 8 heteroatoms. The van der Waals surface area contributed by atoms with Crippen molar-refractivity contribution in [3.63, 3.8) is 0 Å². The van der Waals surface area contributed by atoms with Crippen molar-refractivity contribution in [2.45, 2.75) is 25.9 Å². The van der Waals surface area contributed by atoms with Gasteiger partial charge in [-0.05, 0) is 31.9 Å². The predicted molar refractivity (Wildman–Crippen MR) is 88.0 cm³/mol. The van der Waals surface area contributed by atoms with Gasteiger partial charge < -0.3 is 14.4 Å². The molecule has 24 heavy (non-hydrogen) atoms. The molecule has 0 amide bonds. The third-order valence-electron chi connectivity index (χ3n) is 4.78. The molecule has 2 fully saturated rings. The molecule has 2 aromatic heterocycles. The summed E-state index contributed by atoms with van der Waals surface area (Å²) in [5, 5.41) is 10.3. The fourth-order valence-corrected chi connectivity index (χ4v) is 4.23. The van der Waals surface area contributed by atoms with Gasteiger partial charge in [-0.1, -0.05) is 11.3 Å². The second kappa shape index (κ2) is 6.25. The van der Waals surface area contributed by atoms with E-state index in [0.29, 0.717) is 13.2 Å². The Hall–Kier alpha value is -1.80. The molecule has 0 radical (unpaired) electrons. The van der Waals surface area contributed by atoms with Crippen molar-refractivity contribution in [3.8, 4) is 5.88 Å². The summed E-state index contributed by atoms with van der Waals surface area (Å²) in [7, 11) is 0. The lowest BCUT2D eigenvalue weighted by molar-refractivity contribution is 0.00661. The maximum Gasteiger partial charge on any atom is 0.250 e. The zero-order valence-corrected chi connectivity index (χ0v) is 14.3. The highest BCUT2D eigenvalue weighted by Crippen LogP contribution is 2.42. The molecular formula is C16H19FN4O2S.